The van der Waals surface area contributed by atoms with E-state index >= 15 is 0 Å². The van der Waals surface area contributed by atoms with Crippen molar-refractivity contribution in [2.24, 2.45) is 0 Å². The van der Waals surface area contributed by atoms with Crippen LogP contribution in [0.4, 0.5) is 4.79 Å². The van der Waals surface area contributed by atoms with Gasteiger partial charge in [0.25, 0.3) is 0 Å². The molecular formula is C14H26N2O2. The number of ether oxygens (including phenoxy) is 1. The Morgan fingerprint density at radius 1 is 1.28 bits per heavy atom. The van der Waals surface area contributed by atoms with Crippen LogP contribution in [0.2, 0.25) is 0 Å². The minimum absolute atomic E-state index is 0.168. The lowest BCUT2D eigenvalue weighted by molar-refractivity contribution is 0.0195. The van der Waals surface area contributed by atoms with Gasteiger partial charge in [0, 0.05) is 24.7 Å². The Morgan fingerprint density at radius 2 is 1.83 bits per heavy atom. The van der Waals surface area contributed by atoms with Crippen LogP contribution in [0, 0.1) is 0 Å². The molecule has 18 heavy (non-hydrogen) atoms. The van der Waals surface area contributed by atoms with Gasteiger partial charge in [0.1, 0.15) is 5.60 Å². The van der Waals surface area contributed by atoms with E-state index < -0.39 is 5.60 Å². The standard InChI is InChI=1S/C14H26N2O2/c1-13(2,3)18-12(17)16-9-5-11(6-10-16)15-14(4)7-8-14/h11,15H,5-10H2,1-4H3. The minimum atomic E-state index is -0.395. The van der Waals surface area contributed by atoms with E-state index in [-0.39, 0.29) is 6.09 Å². The monoisotopic (exact) mass is 254 g/mol. The number of hydrogen-bond acceptors (Lipinski definition) is 3. The highest BCUT2D eigenvalue weighted by molar-refractivity contribution is 5.68. The summed E-state index contributed by atoms with van der Waals surface area (Å²) in [6.07, 6.45) is 4.49. The molecule has 0 bridgehead atoms. The summed E-state index contributed by atoms with van der Waals surface area (Å²) >= 11 is 0. The van der Waals surface area contributed by atoms with Gasteiger partial charge in [0.15, 0.2) is 0 Å². The fraction of sp³-hybridized carbons (Fsp3) is 0.929. The largest absolute Gasteiger partial charge is 0.444 e. The van der Waals surface area contributed by atoms with Crippen LogP contribution in [-0.2, 0) is 4.74 Å². The van der Waals surface area contributed by atoms with Gasteiger partial charge >= 0.3 is 6.09 Å². The van der Waals surface area contributed by atoms with Gasteiger partial charge in [-0.1, -0.05) is 0 Å². The zero-order chi connectivity index (χ0) is 13.4. The molecule has 1 N–H and O–H groups in total. The highest BCUT2D eigenvalue weighted by Gasteiger charge is 2.39. The summed E-state index contributed by atoms with van der Waals surface area (Å²) in [5.74, 6) is 0. The summed E-state index contributed by atoms with van der Waals surface area (Å²) in [5, 5.41) is 3.70. The topological polar surface area (TPSA) is 41.6 Å². The van der Waals surface area contributed by atoms with Crippen LogP contribution in [0.3, 0.4) is 0 Å². The Morgan fingerprint density at radius 3 is 2.28 bits per heavy atom. The van der Waals surface area contributed by atoms with Crippen LogP contribution in [0.15, 0.2) is 0 Å². The minimum Gasteiger partial charge on any atom is -0.444 e. The van der Waals surface area contributed by atoms with E-state index in [1.165, 1.54) is 12.8 Å². The van der Waals surface area contributed by atoms with Crippen LogP contribution >= 0.6 is 0 Å². The van der Waals surface area contributed by atoms with Crippen LogP contribution in [0.5, 0.6) is 0 Å². The number of hydrogen-bond donors (Lipinski definition) is 1. The van der Waals surface area contributed by atoms with E-state index in [1.54, 1.807) is 0 Å². The summed E-state index contributed by atoms with van der Waals surface area (Å²) in [4.78, 5) is 13.7. The molecule has 4 heteroatoms. The van der Waals surface area contributed by atoms with Gasteiger partial charge in [-0.25, -0.2) is 4.79 Å². The van der Waals surface area contributed by atoms with Crippen molar-refractivity contribution in [2.45, 2.75) is 70.6 Å². The number of carbonyl (C=O) groups excluding carboxylic acids is 1. The molecule has 1 saturated heterocycles. The van der Waals surface area contributed by atoms with Crippen molar-refractivity contribution in [3.8, 4) is 0 Å². The molecule has 1 saturated carbocycles. The van der Waals surface area contributed by atoms with Crippen molar-refractivity contribution in [3.63, 3.8) is 0 Å². The van der Waals surface area contributed by atoms with E-state index in [9.17, 15) is 4.79 Å². The second-order valence-corrected chi connectivity index (χ2v) is 6.95. The number of piperidine rings is 1. The molecule has 2 fully saturated rings. The van der Waals surface area contributed by atoms with E-state index in [4.69, 9.17) is 4.74 Å². The molecule has 1 aliphatic carbocycles. The fourth-order valence-corrected chi connectivity index (χ4v) is 2.36. The van der Waals surface area contributed by atoms with E-state index in [0.29, 0.717) is 11.6 Å². The molecule has 0 aromatic carbocycles. The first-order chi connectivity index (χ1) is 8.27. The summed E-state index contributed by atoms with van der Waals surface area (Å²) in [6, 6.07) is 0.566. The van der Waals surface area contributed by atoms with E-state index in [1.807, 2.05) is 25.7 Å². The maximum absolute atomic E-state index is 11.9. The molecule has 0 aromatic rings. The summed E-state index contributed by atoms with van der Waals surface area (Å²) < 4.78 is 5.39. The first-order valence-electron chi connectivity index (χ1n) is 7.03. The number of rotatable bonds is 2. The molecule has 1 aliphatic heterocycles. The summed E-state index contributed by atoms with van der Waals surface area (Å²) in [5.41, 5.74) is -0.00751. The SMILES string of the molecule is CC1(NC2CCN(C(=O)OC(C)(C)C)CC2)CC1. The number of amides is 1. The lowest BCUT2D eigenvalue weighted by atomic mass is 10.0. The Bertz CT molecular complexity index is 310. The number of carbonyl (C=O) groups is 1. The lowest BCUT2D eigenvalue weighted by Gasteiger charge is -2.35. The van der Waals surface area contributed by atoms with Crippen LogP contribution in [0.1, 0.15) is 53.4 Å². The van der Waals surface area contributed by atoms with Gasteiger partial charge in [-0.05, 0) is 53.4 Å². The predicted octanol–water partition coefficient (Wildman–Crippen LogP) is 2.53. The molecule has 104 valence electrons. The molecule has 0 aromatic heterocycles. The molecule has 1 heterocycles. The maximum atomic E-state index is 11.9. The summed E-state index contributed by atoms with van der Waals surface area (Å²) in [6.45, 7) is 9.63. The Labute approximate surface area is 110 Å². The second-order valence-electron chi connectivity index (χ2n) is 6.95. The highest BCUT2D eigenvalue weighted by atomic mass is 16.6. The summed E-state index contributed by atoms with van der Waals surface area (Å²) in [7, 11) is 0. The first kappa shape index (κ1) is 13.7. The van der Waals surface area contributed by atoms with Gasteiger partial charge in [0.05, 0.1) is 0 Å². The highest BCUT2D eigenvalue weighted by Crippen LogP contribution is 2.35. The van der Waals surface area contributed by atoms with Crippen LogP contribution < -0.4 is 5.32 Å². The van der Waals surface area contributed by atoms with Crippen molar-refractivity contribution in [1.82, 2.24) is 10.2 Å². The van der Waals surface area contributed by atoms with Gasteiger partial charge < -0.3 is 15.0 Å². The fourth-order valence-electron chi connectivity index (χ4n) is 2.36. The molecule has 2 aliphatic rings. The Kier molecular flexibility index (Phi) is 3.58. The quantitative estimate of drug-likeness (QED) is 0.823. The normalized spacial score (nSPS) is 23.9. The van der Waals surface area contributed by atoms with E-state index in [2.05, 4.69) is 12.2 Å². The second kappa shape index (κ2) is 4.72. The van der Waals surface area contributed by atoms with Crippen molar-refractivity contribution < 1.29 is 9.53 Å². The molecule has 1 amide bonds. The molecule has 0 spiro atoms. The van der Waals surface area contributed by atoms with Crippen LogP contribution in [-0.4, -0.2) is 41.3 Å². The zero-order valence-electron chi connectivity index (χ0n) is 12.1. The third-order valence-electron chi connectivity index (χ3n) is 3.70. The molecule has 0 atom stereocenters. The van der Waals surface area contributed by atoms with Crippen LogP contribution in [0.25, 0.3) is 0 Å². The van der Waals surface area contributed by atoms with Gasteiger partial charge in [-0.3, -0.25) is 0 Å². The molecule has 0 unspecified atom stereocenters. The van der Waals surface area contributed by atoms with Gasteiger partial charge in [0.2, 0.25) is 0 Å². The molecular weight excluding hydrogens is 228 g/mol. The molecule has 2 rings (SSSR count). The smallest absolute Gasteiger partial charge is 0.410 e. The van der Waals surface area contributed by atoms with Gasteiger partial charge in [-0.2, -0.15) is 0 Å². The Balaban J connectivity index is 1.74. The third-order valence-corrected chi connectivity index (χ3v) is 3.70. The predicted molar refractivity (Wildman–Crippen MR) is 71.6 cm³/mol. The van der Waals surface area contributed by atoms with Crippen molar-refractivity contribution >= 4 is 6.09 Å². The van der Waals surface area contributed by atoms with Crippen molar-refractivity contribution in [2.75, 3.05) is 13.1 Å². The average Bonchev–Trinajstić information content (AvgIpc) is 2.94. The zero-order valence-corrected chi connectivity index (χ0v) is 12.1. The van der Waals surface area contributed by atoms with Crippen molar-refractivity contribution in [1.29, 1.82) is 0 Å². The maximum Gasteiger partial charge on any atom is 0.410 e. The Hall–Kier alpha value is -0.770. The number of nitrogens with one attached hydrogen (secondary N) is 1. The average molecular weight is 254 g/mol. The van der Waals surface area contributed by atoms with Crippen molar-refractivity contribution in [3.05, 3.63) is 0 Å². The third kappa shape index (κ3) is 3.87. The first-order valence-corrected chi connectivity index (χ1v) is 7.03. The lowest BCUT2D eigenvalue weighted by Crippen LogP contribution is -2.48. The number of nitrogens with zero attached hydrogens (tertiary/aromatic N) is 1. The molecule has 4 nitrogen and oxygen atoms in total. The van der Waals surface area contributed by atoms with Gasteiger partial charge in [-0.15, -0.1) is 0 Å². The number of likely N-dealkylation sites (tertiary alicyclic amines) is 1. The van der Waals surface area contributed by atoms with E-state index in [0.717, 1.165) is 25.9 Å². The molecule has 0 radical (unpaired) electrons.